The van der Waals surface area contributed by atoms with Gasteiger partial charge < -0.3 is 0 Å². The van der Waals surface area contributed by atoms with Crippen molar-refractivity contribution < 1.29 is 4.79 Å². The van der Waals surface area contributed by atoms with E-state index in [9.17, 15) is 4.79 Å². The summed E-state index contributed by atoms with van der Waals surface area (Å²) in [6.45, 7) is 0. The van der Waals surface area contributed by atoms with E-state index in [0.717, 1.165) is 15.5 Å². The molecule has 0 aliphatic carbocycles. The van der Waals surface area contributed by atoms with E-state index in [0.29, 0.717) is 11.1 Å². The van der Waals surface area contributed by atoms with Crippen LogP contribution in [0.3, 0.4) is 0 Å². The number of rotatable bonds is 4. The third-order valence-corrected chi connectivity index (χ3v) is 7.05. The molecule has 23 heavy (non-hydrogen) atoms. The van der Waals surface area contributed by atoms with Gasteiger partial charge >= 0.3 is 143 Å². The molecule has 0 unspecified atom stereocenters. The van der Waals surface area contributed by atoms with Crippen LogP contribution in [0, 0.1) is 0 Å². The van der Waals surface area contributed by atoms with Crippen LogP contribution in [-0.4, -0.2) is 18.6 Å². The van der Waals surface area contributed by atoms with Gasteiger partial charge in [0.1, 0.15) is 0 Å². The van der Waals surface area contributed by atoms with E-state index in [1.54, 1.807) is 12.1 Å². The van der Waals surface area contributed by atoms with Crippen LogP contribution in [0.5, 0.6) is 0 Å². The molecule has 0 radical (unpaired) electrons. The summed E-state index contributed by atoms with van der Waals surface area (Å²) >= 11 is -1.93. The SMILES string of the molecule is O=C(c1ccc(-c2ccccc2)cc1)c1ccc([As](Cl)Cl)cc1. The van der Waals surface area contributed by atoms with Crippen LogP contribution in [0.2, 0.25) is 0 Å². The van der Waals surface area contributed by atoms with Crippen molar-refractivity contribution in [3.8, 4) is 11.1 Å². The molecule has 0 atom stereocenters. The zero-order valence-electron chi connectivity index (χ0n) is 12.1. The number of hydrogen-bond donors (Lipinski definition) is 0. The van der Waals surface area contributed by atoms with E-state index in [1.165, 1.54) is 0 Å². The second-order valence-corrected chi connectivity index (χ2v) is 11.5. The third kappa shape index (κ3) is 3.87. The predicted octanol–water partition coefficient (Wildman–Crippen LogP) is 4.76. The zero-order chi connectivity index (χ0) is 16.2. The van der Waals surface area contributed by atoms with Gasteiger partial charge in [0, 0.05) is 0 Å². The monoisotopic (exact) mass is 402 g/mol. The second kappa shape index (κ2) is 7.36. The summed E-state index contributed by atoms with van der Waals surface area (Å²) in [5, 5.41) is 0. The fourth-order valence-electron chi connectivity index (χ4n) is 2.34. The molecular formula is C19H13AsCl2O. The normalized spacial score (nSPS) is 10.7. The first-order valence-corrected chi connectivity index (χ1v) is 12.9. The summed E-state index contributed by atoms with van der Waals surface area (Å²) in [5.41, 5.74) is 3.54. The van der Waals surface area contributed by atoms with E-state index < -0.39 is 12.8 Å². The number of carbonyl (C=O) groups is 1. The van der Waals surface area contributed by atoms with Gasteiger partial charge in [0.15, 0.2) is 0 Å². The molecule has 0 amide bonds. The molecule has 0 fully saturated rings. The van der Waals surface area contributed by atoms with Crippen LogP contribution in [0.4, 0.5) is 0 Å². The topological polar surface area (TPSA) is 17.1 Å². The molecule has 0 spiro atoms. The zero-order valence-corrected chi connectivity index (χ0v) is 15.5. The Labute approximate surface area is 148 Å². The Balaban J connectivity index is 1.83. The maximum atomic E-state index is 12.5. The van der Waals surface area contributed by atoms with Gasteiger partial charge in [0.2, 0.25) is 0 Å². The van der Waals surface area contributed by atoms with Crippen molar-refractivity contribution in [2.45, 2.75) is 0 Å². The number of halogens is 2. The quantitative estimate of drug-likeness (QED) is 0.454. The van der Waals surface area contributed by atoms with Crippen LogP contribution in [0.25, 0.3) is 11.1 Å². The molecule has 0 N–H and O–H groups in total. The summed E-state index contributed by atoms with van der Waals surface area (Å²) in [5.74, 6) is -0.000596. The van der Waals surface area contributed by atoms with Crippen molar-refractivity contribution in [2.75, 3.05) is 0 Å². The Morgan fingerprint density at radius 3 is 1.65 bits per heavy atom. The van der Waals surface area contributed by atoms with Crippen LogP contribution >= 0.6 is 19.9 Å². The summed E-state index contributed by atoms with van der Waals surface area (Å²) in [7, 11) is 11.9. The van der Waals surface area contributed by atoms with Gasteiger partial charge in [0.05, 0.1) is 0 Å². The predicted molar refractivity (Wildman–Crippen MR) is 98.8 cm³/mol. The molecule has 0 saturated carbocycles. The standard InChI is InChI=1S/C19H13AsCl2O/c21-20(22)18-12-10-17(11-13-18)19(23)16-8-6-15(7-9-16)14-4-2-1-3-5-14/h1-13H. The van der Waals surface area contributed by atoms with Gasteiger partial charge in [-0.1, -0.05) is 6.07 Å². The molecule has 0 aliphatic heterocycles. The number of ketones is 1. The third-order valence-electron chi connectivity index (χ3n) is 3.58. The van der Waals surface area contributed by atoms with Crippen LogP contribution in [0.15, 0.2) is 78.9 Å². The molecular weight excluding hydrogens is 390 g/mol. The molecule has 4 heteroatoms. The number of benzene rings is 3. The van der Waals surface area contributed by atoms with Crippen molar-refractivity contribution in [1.82, 2.24) is 0 Å². The molecule has 0 heterocycles. The summed E-state index contributed by atoms with van der Waals surface area (Å²) in [6, 6.07) is 25.0. The minimum atomic E-state index is -1.93. The van der Waals surface area contributed by atoms with Gasteiger partial charge in [-0.25, -0.2) is 0 Å². The van der Waals surface area contributed by atoms with Crippen LogP contribution < -0.4 is 4.35 Å². The fraction of sp³-hybridized carbons (Fsp3) is 0. The molecule has 0 bridgehead atoms. The van der Waals surface area contributed by atoms with Gasteiger partial charge in [-0.15, -0.1) is 0 Å². The molecule has 3 rings (SSSR count). The average molecular weight is 403 g/mol. The fourth-order valence-corrected chi connectivity index (χ4v) is 4.29. The van der Waals surface area contributed by atoms with Crippen LogP contribution in [-0.2, 0) is 0 Å². The molecule has 1 nitrogen and oxygen atoms in total. The molecule has 114 valence electrons. The van der Waals surface area contributed by atoms with Crippen molar-refractivity contribution >= 4 is 42.8 Å². The molecule has 3 aromatic carbocycles. The number of hydrogen-bond acceptors (Lipinski definition) is 1. The van der Waals surface area contributed by atoms with Crippen molar-refractivity contribution in [3.05, 3.63) is 90.0 Å². The maximum absolute atomic E-state index is 12.5. The minimum absolute atomic E-state index is 0.000596. The summed E-state index contributed by atoms with van der Waals surface area (Å²) in [4.78, 5) is 12.5. The molecule has 3 aromatic rings. The van der Waals surface area contributed by atoms with Gasteiger partial charge in [-0.3, -0.25) is 0 Å². The van der Waals surface area contributed by atoms with Gasteiger partial charge in [-0.05, 0) is 0 Å². The molecule has 0 aromatic heterocycles. The Morgan fingerprint density at radius 1 is 0.652 bits per heavy atom. The van der Waals surface area contributed by atoms with E-state index >= 15 is 0 Å². The number of carbonyl (C=O) groups excluding carboxylic acids is 1. The Hall–Kier alpha value is -1.53. The van der Waals surface area contributed by atoms with Crippen molar-refractivity contribution in [2.24, 2.45) is 0 Å². The molecule has 0 aliphatic rings. The first kappa shape index (κ1) is 16.3. The first-order chi connectivity index (χ1) is 11.1. The Morgan fingerprint density at radius 2 is 1.13 bits per heavy atom. The Bertz CT molecular complexity index is 797. The summed E-state index contributed by atoms with van der Waals surface area (Å²) < 4.78 is 0.928. The van der Waals surface area contributed by atoms with E-state index in [4.69, 9.17) is 19.9 Å². The van der Waals surface area contributed by atoms with E-state index in [1.807, 2.05) is 66.7 Å². The summed E-state index contributed by atoms with van der Waals surface area (Å²) in [6.07, 6.45) is 0. The Kier molecular flexibility index (Phi) is 5.23. The van der Waals surface area contributed by atoms with E-state index in [2.05, 4.69) is 0 Å². The van der Waals surface area contributed by atoms with Gasteiger partial charge in [0.25, 0.3) is 0 Å². The van der Waals surface area contributed by atoms with Gasteiger partial charge in [-0.2, -0.15) is 0 Å². The first-order valence-electron chi connectivity index (χ1n) is 7.07. The molecule has 0 saturated heterocycles. The second-order valence-electron chi connectivity index (χ2n) is 5.05. The van der Waals surface area contributed by atoms with E-state index in [-0.39, 0.29) is 5.78 Å². The van der Waals surface area contributed by atoms with Crippen molar-refractivity contribution in [3.63, 3.8) is 0 Å². The van der Waals surface area contributed by atoms with Crippen LogP contribution in [0.1, 0.15) is 15.9 Å². The van der Waals surface area contributed by atoms with Crippen molar-refractivity contribution in [1.29, 1.82) is 0 Å². The average Bonchev–Trinajstić information content (AvgIpc) is 2.62.